The minimum absolute atomic E-state index is 0.0388. The maximum atomic E-state index is 12.3. The Morgan fingerprint density at radius 3 is 2.60 bits per heavy atom. The third-order valence-corrected chi connectivity index (χ3v) is 3.94. The number of carbonyl (C=O) groups excluding carboxylic acids is 1. The molecule has 2 rings (SSSR count). The molecule has 0 spiro atoms. The summed E-state index contributed by atoms with van der Waals surface area (Å²) in [6.45, 7) is 4.80. The van der Waals surface area contributed by atoms with Crippen LogP contribution in [-0.4, -0.2) is 41.2 Å². The average molecular weight is 298 g/mol. The molecule has 0 aliphatic carbocycles. The van der Waals surface area contributed by atoms with Crippen molar-refractivity contribution in [1.82, 2.24) is 4.90 Å². The minimum Gasteiger partial charge on any atom is -0.481 e. The highest BCUT2D eigenvalue weighted by Crippen LogP contribution is 2.22. The van der Waals surface area contributed by atoms with E-state index in [1.165, 1.54) is 0 Å². The SMILES string of the molecule is CC(Oc1ccc(Cl)cc1)C(=O)N1CCC(C(C)O)C1. The first-order valence-corrected chi connectivity index (χ1v) is 7.24. The van der Waals surface area contributed by atoms with Crippen LogP contribution in [0, 0.1) is 5.92 Å². The van der Waals surface area contributed by atoms with Crippen LogP contribution in [0.15, 0.2) is 24.3 Å². The third-order valence-electron chi connectivity index (χ3n) is 3.69. The molecule has 0 radical (unpaired) electrons. The molecule has 1 fully saturated rings. The molecule has 0 bridgehead atoms. The summed E-state index contributed by atoms with van der Waals surface area (Å²) in [5, 5.41) is 10.2. The molecule has 3 atom stereocenters. The molecule has 4 nitrogen and oxygen atoms in total. The van der Waals surface area contributed by atoms with Crippen LogP contribution < -0.4 is 4.74 Å². The Hall–Kier alpha value is -1.26. The molecule has 1 aliphatic heterocycles. The number of ether oxygens (including phenoxy) is 1. The molecule has 1 aromatic carbocycles. The van der Waals surface area contributed by atoms with Crippen LogP contribution >= 0.6 is 11.6 Å². The van der Waals surface area contributed by atoms with E-state index in [1.807, 2.05) is 0 Å². The molecule has 3 unspecified atom stereocenters. The highest BCUT2D eigenvalue weighted by Gasteiger charge is 2.31. The van der Waals surface area contributed by atoms with E-state index in [4.69, 9.17) is 16.3 Å². The van der Waals surface area contributed by atoms with Crippen LogP contribution in [0.4, 0.5) is 0 Å². The second kappa shape index (κ2) is 6.46. The predicted octanol–water partition coefficient (Wildman–Crippen LogP) is 2.34. The monoisotopic (exact) mass is 297 g/mol. The fourth-order valence-electron chi connectivity index (χ4n) is 2.41. The Balaban J connectivity index is 1.91. The van der Waals surface area contributed by atoms with E-state index in [2.05, 4.69) is 0 Å². The molecule has 1 saturated heterocycles. The lowest BCUT2D eigenvalue weighted by molar-refractivity contribution is -0.137. The van der Waals surface area contributed by atoms with Gasteiger partial charge in [-0.2, -0.15) is 0 Å². The normalized spacial score (nSPS) is 21.6. The Labute approximate surface area is 124 Å². The maximum Gasteiger partial charge on any atom is 0.263 e. The zero-order valence-electron chi connectivity index (χ0n) is 11.8. The van der Waals surface area contributed by atoms with Crippen molar-refractivity contribution in [1.29, 1.82) is 0 Å². The first kappa shape index (κ1) is 15.1. The number of likely N-dealkylation sites (tertiary alicyclic amines) is 1. The largest absolute Gasteiger partial charge is 0.481 e. The number of rotatable bonds is 4. The Morgan fingerprint density at radius 2 is 2.05 bits per heavy atom. The van der Waals surface area contributed by atoms with Crippen molar-refractivity contribution in [2.75, 3.05) is 13.1 Å². The van der Waals surface area contributed by atoms with Gasteiger partial charge in [-0.3, -0.25) is 4.79 Å². The van der Waals surface area contributed by atoms with Gasteiger partial charge in [0.2, 0.25) is 0 Å². The quantitative estimate of drug-likeness (QED) is 0.928. The van der Waals surface area contributed by atoms with E-state index in [9.17, 15) is 9.90 Å². The van der Waals surface area contributed by atoms with Crippen molar-refractivity contribution in [3.8, 4) is 5.75 Å². The van der Waals surface area contributed by atoms with Crippen LogP contribution in [0.5, 0.6) is 5.75 Å². The van der Waals surface area contributed by atoms with Crippen LogP contribution in [0.2, 0.25) is 5.02 Å². The van der Waals surface area contributed by atoms with Gasteiger partial charge in [0.1, 0.15) is 5.75 Å². The van der Waals surface area contributed by atoms with Crippen molar-refractivity contribution in [2.24, 2.45) is 5.92 Å². The van der Waals surface area contributed by atoms with Gasteiger partial charge in [0.25, 0.3) is 5.91 Å². The highest BCUT2D eigenvalue weighted by molar-refractivity contribution is 6.30. The van der Waals surface area contributed by atoms with Crippen molar-refractivity contribution < 1.29 is 14.6 Å². The summed E-state index contributed by atoms with van der Waals surface area (Å²) in [5.41, 5.74) is 0. The van der Waals surface area contributed by atoms with E-state index in [0.717, 1.165) is 6.42 Å². The summed E-state index contributed by atoms with van der Waals surface area (Å²) >= 11 is 5.81. The molecule has 1 heterocycles. The molecule has 1 N–H and O–H groups in total. The lowest BCUT2D eigenvalue weighted by atomic mass is 10.0. The highest BCUT2D eigenvalue weighted by atomic mass is 35.5. The number of nitrogens with zero attached hydrogens (tertiary/aromatic N) is 1. The van der Waals surface area contributed by atoms with Gasteiger partial charge in [-0.05, 0) is 44.5 Å². The van der Waals surface area contributed by atoms with Crippen LogP contribution in [0.3, 0.4) is 0 Å². The predicted molar refractivity (Wildman–Crippen MR) is 77.9 cm³/mol. The molecule has 20 heavy (non-hydrogen) atoms. The van der Waals surface area contributed by atoms with E-state index in [1.54, 1.807) is 43.0 Å². The van der Waals surface area contributed by atoms with Crippen LogP contribution in [0.25, 0.3) is 0 Å². The molecule has 1 aliphatic rings. The van der Waals surface area contributed by atoms with E-state index < -0.39 is 6.10 Å². The lowest BCUT2D eigenvalue weighted by Gasteiger charge is -2.22. The second-order valence-corrected chi connectivity index (χ2v) is 5.72. The van der Waals surface area contributed by atoms with Crippen molar-refractivity contribution in [3.63, 3.8) is 0 Å². The summed E-state index contributed by atoms with van der Waals surface area (Å²) in [6, 6.07) is 6.95. The topological polar surface area (TPSA) is 49.8 Å². The second-order valence-electron chi connectivity index (χ2n) is 5.29. The van der Waals surface area contributed by atoms with Crippen LogP contribution in [0.1, 0.15) is 20.3 Å². The minimum atomic E-state index is -0.538. The van der Waals surface area contributed by atoms with Gasteiger partial charge in [-0.25, -0.2) is 0 Å². The van der Waals surface area contributed by atoms with Gasteiger partial charge in [0, 0.05) is 24.0 Å². The van der Waals surface area contributed by atoms with Gasteiger partial charge < -0.3 is 14.7 Å². The number of amides is 1. The third kappa shape index (κ3) is 3.64. The molecule has 0 saturated carbocycles. The van der Waals surface area contributed by atoms with Gasteiger partial charge in [-0.1, -0.05) is 11.6 Å². The summed E-state index contributed by atoms with van der Waals surface area (Å²) in [7, 11) is 0. The molecule has 5 heteroatoms. The molecule has 1 amide bonds. The number of halogens is 1. The van der Waals surface area contributed by atoms with Crippen molar-refractivity contribution >= 4 is 17.5 Å². The van der Waals surface area contributed by atoms with Gasteiger partial charge >= 0.3 is 0 Å². The van der Waals surface area contributed by atoms with Crippen molar-refractivity contribution in [2.45, 2.75) is 32.5 Å². The number of benzene rings is 1. The zero-order valence-corrected chi connectivity index (χ0v) is 12.5. The van der Waals surface area contributed by atoms with E-state index >= 15 is 0 Å². The molecule has 1 aromatic rings. The summed E-state index contributed by atoms with van der Waals surface area (Å²) in [5.74, 6) is 0.756. The summed E-state index contributed by atoms with van der Waals surface area (Å²) in [6.07, 6.45) is -0.0684. The molecule has 110 valence electrons. The number of aliphatic hydroxyl groups is 1. The zero-order chi connectivity index (χ0) is 14.7. The van der Waals surface area contributed by atoms with E-state index in [0.29, 0.717) is 23.9 Å². The number of hydrogen-bond acceptors (Lipinski definition) is 3. The first-order chi connectivity index (χ1) is 9.47. The number of hydrogen-bond donors (Lipinski definition) is 1. The summed E-state index contributed by atoms with van der Waals surface area (Å²) < 4.78 is 5.63. The first-order valence-electron chi connectivity index (χ1n) is 6.86. The molecular weight excluding hydrogens is 278 g/mol. The maximum absolute atomic E-state index is 12.3. The fourth-order valence-corrected chi connectivity index (χ4v) is 2.53. The Kier molecular flexibility index (Phi) is 4.89. The van der Waals surface area contributed by atoms with Crippen molar-refractivity contribution in [3.05, 3.63) is 29.3 Å². The Morgan fingerprint density at radius 1 is 1.40 bits per heavy atom. The number of aliphatic hydroxyl groups excluding tert-OH is 1. The van der Waals surface area contributed by atoms with Crippen LogP contribution in [-0.2, 0) is 4.79 Å². The summed E-state index contributed by atoms with van der Waals surface area (Å²) in [4.78, 5) is 14.0. The van der Waals surface area contributed by atoms with Gasteiger partial charge in [0.15, 0.2) is 6.10 Å². The average Bonchev–Trinajstić information content (AvgIpc) is 2.90. The van der Waals surface area contributed by atoms with E-state index in [-0.39, 0.29) is 17.9 Å². The Bertz CT molecular complexity index is 461. The number of carbonyl (C=O) groups is 1. The van der Waals surface area contributed by atoms with Gasteiger partial charge in [-0.15, -0.1) is 0 Å². The fraction of sp³-hybridized carbons (Fsp3) is 0.533. The standard InChI is InChI=1S/C15H20ClNO3/c1-10(18)12-7-8-17(9-12)15(19)11(2)20-14-5-3-13(16)4-6-14/h3-6,10-12,18H,7-9H2,1-2H3. The smallest absolute Gasteiger partial charge is 0.263 e. The molecule has 0 aromatic heterocycles. The van der Waals surface area contributed by atoms with Gasteiger partial charge in [0.05, 0.1) is 6.10 Å². The lowest BCUT2D eigenvalue weighted by Crippen LogP contribution is -2.39. The molecular formula is C15H20ClNO3.